The van der Waals surface area contributed by atoms with Crippen molar-refractivity contribution in [1.82, 2.24) is 9.97 Å². The minimum atomic E-state index is -0.248. The number of rotatable bonds is 4. The number of fused-ring (bicyclic) bond motifs is 1. The molecule has 0 spiro atoms. The normalized spacial score (nSPS) is 15.3. The second kappa shape index (κ2) is 7.81. The zero-order chi connectivity index (χ0) is 19.7. The SMILES string of the molecule is C/C(=N/Nc1ncnc2sc(C)c(C)c12)c1ccc(N2CCOCC2)c(F)c1. The van der Waals surface area contributed by atoms with Crippen LogP contribution >= 0.6 is 11.3 Å². The van der Waals surface area contributed by atoms with Crippen LogP contribution < -0.4 is 10.3 Å². The molecule has 1 aliphatic heterocycles. The van der Waals surface area contributed by atoms with Gasteiger partial charge in [0, 0.05) is 23.5 Å². The number of nitrogens with zero attached hydrogens (tertiary/aromatic N) is 4. The first-order valence-corrected chi connectivity index (χ1v) is 10.00. The molecule has 0 atom stereocenters. The summed E-state index contributed by atoms with van der Waals surface area (Å²) in [5.41, 5.74) is 6.20. The highest BCUT2D eigenvalue weighted by molar-refractivity contribution is 7.18. The van der Waals surface area contributed by atoms with Crippen molar-refractivity contribution in [1.29, 1.82) is 0 Å². The van der Waals surface area contributed by atoms with Crippen molar-refractivity contribution in [2.45, 2.75) is 20.8 Å². The van der Waals surface area contributed by atoms with Crippen molar-refractivity contribution in [3.05, 3.63) is 46.3 Å². The molecule has 1 saturated heterocycles. The van der Waals surface area contributed by atoms with E-state index in [1.54, 1.807) is 11.3 Å². The number of nitrogens with one attached hydrogen (secondary N) is 1. The summed E-state index contributed by atoms with van der Waals surface area (Å²) in [5.74, 6) is 0.416. The van der Waals surface area contributed by atoms with E-state index in [1.165, 1.54) is 17.3 Å². The van der Waals surface area contributed by atoms with E-state index in [0.29, 0.717) is 43.5 Å². The minimum absolute atomic E-state index is 0.248. The van der Waals surface area contributed by atoms with Crippen molar-refractivity contribution < 1.29 is 9.13 Å². The van der Waals surface area contributed by atoms with Crippen LogP contribution in [0.2, 0.25) is 0 Å². The van der Waals surface area contributed by atoms with Gasteiger partial charge in [0.2, 0.25) is 0 Å². The third-order valence-corrected chi connectivity index (χ3v) is 6.13. The molecule has 0 amide bonds. The van der Waals surface area contributed by atoms with Crippen molar-refractivity contribution in [3.63, 3.8) is 0 Å². The van der Waals surface area contributed by atoms with Gasteiger partial charge in [-0.3, -0.25) is 5.43 Å². The zero-order valence-electron chi connectivity index (χ0n) is 16.1. The molecule has 146 valence electrons. The number of ether oxygens (including phenoxy) is 1. The number of hydrazone groups is 1. The molecule has 28 heavy (non-hydrogen) atoms. The topological polar surface area (TPSA) is 62.6 Å². The van der Waals surface area contributed by atoms with E-state index in [0.717, 1.165) is 21.3 Å². The van der Waals surface area contributed by atoms with Crippen LogP contribution in [-0.2, 0) is 4.74 Å². The maximum absolute atomic E-state index is 14.6. The number of halogens is 1. The van der Waals surface area contributed by atoms with Crippen LogP contribution in [0.3, 0.4) is 0 Å². The Labute approximate surface area is 167 Å². The van der Waals surface area contributed by atoms with Gasteiger partial charge in [-0.1, -0.05) is 6.07 Å². The molecule has 0 saturated carbocycles. The first kappa shape index (κ1) is 18.8. The fourth-order valence-electron chi connectivity index (χ4n) is 3.26. The van der Waals surface area contributed by atoms with Crippen LogP contribution in [0.1, 0.15) is 22.9 Å². The molecule has 2 aromatic heterocycles. The van der Waals surface area contributed by atoms with Crippen LogP contribution in [0, 0.1) is 19.7 Å². The number of aromatic nitrogens is 2. The molecular weight excluding hydrogens is 377 g/mol. The molecule has 0 radical (unpaired) electrons. The molecule has 1 N–H and O–H groups in total. The van der Waals surface area contributed by atoms with Gasteiger partial charge in [0.05, 0.1) is 30.0 Å². The van der Waals surface area contributed by atoms with Crippen molar-refractivity contribution >= 4 is 38.8 Å². The summed E-state index contributed by atoms with van der Waals surface area (Å²) in [6.45, 7) is 8.63. The molecule has 8 heteroatoms. The minimum Gasteiger partial charge on any atom is -0.378 e. The largest absolute Gasteiger partial charge is 0.378 e. The number of hydrogen-bond acceptors (Lipinski definition) is 7. The van der Waals surface area contributed by atoms with Gasteiger partial charge < -0.3 is 9.64 Å². The lowest BCUT2D eigenvalue weighted by molar-refractivity contribution is 0.122. The molecule has 1 aromatic carbocycles. The third-order valence-electron chi connectivity index (χ3n) is 5.01. The van der Waals surface area contributed by atoms with Crippen molar-refractivity contribution in [2.75, 3.05) is 36.6 Å². The Morgan fingerprint density at radius 3 is 2.79 bits per heavy atom. The lowest BCUT2D eigenvalue weighted by Gasteiger charge is -2.29. The number of hydrogen-bond donors (Lipinski definition) is 1. The fraction of sp³-hybridized carbons (Fsp3) is 0.350. The van der Waals surface area contributed by atoms with Gasteiger partial charge in [-0.25, -0.2) is 14.4 Å². The van der Waals surface area contributed by atoms with Gasteiger partial charge in [-0.15, -0.1) is 11.3 Å². The Hall–Kier alpha value is -2.58. The van der Waals surface area contributed by atoms with Crippen LogP contribution in [0.4, 0.5) is 15.9 Å². The number of aryl methyl sites for hydroxylation is 2. The summed E-state index contributed by atoms with van der Waals surface area (Å²) in [6, 6.07) is 5.23. The van der Waals surface area contributed by atoms with Crippen molar-refractivity contribution in [3.8, 4) is 0 Å². The zero-order valence-corrected chi connectivity index (χ0v) is 16.9. The Kier molecular flexibility index (Phi) is 5.23. The highest BCUT2D eigenvalue weighted by Gasteiger charge is 2.16. The van der Waals surface area contributed by atoms with Gasteiger partial charge in [-0.05, 0) is 38.5 Å². The predicted molar refractivity (Wildman–Crippen MR) is 112 cm³/mol. The summed E-state index contributed by atoms with van der Waals surface area (Å²) in [6.07, 6.45) is 1.53. The fourth-order valence-corrected chi connectivity index (χ4v) is 4.26. The van der Waals surface area contributed by atoms with E-state index >= 15 is 0 Å². The number of morpholine rings is 1. The van der Waals surface area contributed by atoms with E-state index in [4.69, 9.17) is 4.74 Å². The van der Waals surface area contributed by atoms with Gasteiger partial charge in [0.15, 0.2) is 5.82 Å². The van der Waals surface area contributed by atoms with E-state index in [-0.39, 0.29) is 5.82 Å². The molecular formula is C20H22FN5OS. The van der Waals surface area contributed by atoms with Crippen LogP contribution in [-0.4, -0.2) is 42.0 Å². The van der Waals surface area contributed by atoms with E-state index in [1.807, 2.05) is 24.0 Å². The summed E-state index contributed by atoms with van der Waals surface area (Å²) >= 11 is 1.64. The molecule has 1 aliphatic rings. The Bertz CT molecular complexity index is 1040. The molecule has 0 unspecified atom stereocenters. The Balaban J connectivity index is 1.57. The second-order valence-corrected chi connectivity index (χ2v) is 7.96. The molecule has 3 aromatic rings. The molecule has 0 bridgehead atoms. The summed E-state index contributed by atoms with van der Waals surface area (Å²) in [7, 11) is 0. The Morgan fingerprint density at radius 1 is 1.25 bits per heavy atom. The Morgan fingerprint density at radius 2 is 2.04 bits per heavy atom. The molecule has 4 rings (SSSR count). The summed E-state index contributed by atoms with van der Waals surface area (Å²) in [4.78, 5) is 12.8. The predicted octanol–water partition coefficient (Wildman–Crippen LogP) is 4.12. The quantitative estimate of drug-likeness (QED) is 0.528. The molecule has 6 nitrogen and oxygen atoms in total. The first-order valence-electron chi connectivity index (χ1n) is 9.18. The summed E-state index contributed by atoms with van der Waals surface area (Å²) < 4.78 is 20.0. The highest BCUT2D eigenvalue weighted by Crippen LogP contribution is 2.32. The van der Waals surface area contributed by atoms with E-state index < -0.39 is 0 Å². The van der Waals surface area contributed by atoms with Gasteiger partial charge in [0.25, 0.3) is 0 Å². The van der Waals surface area contributed by atoms with Crippen molar-refractivity contribution in [2.24, 2.45) is 5.10 Å². The van der Waals surface area contributed by atoms with Gasteiger partial charge >= 0.3 is 0 Å². The monoisotopic (exact) mass is 399 g/mol. The highest BCUT2D eigenvalue weighted by atomic mass is 32.1. The number of benzene rings is 1. The maximum Gasteiger partial charge on any atom is 0.158 e. The van der Waals surface area contributed by atoms with Crippen LogP contribution in [0.15, 0.2) is 29.6 Å². The first-order chi connectivity index (χ1) is 13.5. The summed E-state index contributed by atoms with van der Waals surface area (Å²) in [5, 5.41) is 5.41. The second-order valence-electron chi connectivity index (χ2n) is 6.76. The van der Waals surface area contributed by atoms with Crippen LogP contribution in [0.5, 0.6) is 0 Å². The van der Waals surface area contributed by atoms with Gasteiger partial charge in [-0.2, -0.15) is 5.10 Å². The average Bonchev–Trinajstić information content (AvgIpc) is 3.01. The van der Waals surface area contributed by atoms with Crippen LogP contribution in [0.25, 0.3) is 10.2 Å². The maximum atomic E-state index is 14.6. The number of thiophene rings is 1. The van der Waals surface area contributed by atoms with E-state index in [2.05, 4.69) is 34.3 Å². The molecule has 0 aliphatic carbocycles. The average molecular weight is 399 g/mol. The lowest BCUT2D eigenvalue weighted by Crippen LogP contribution is -2.36. The molecule has 3 heterocycles. The van der Waals surface area contributed by atoms with Gasteiger partial charge in [0.1, 0.15) is 17.0 Å². The standard InChI is InChI=1S/C20H22FN5OS/c1-12-14(3)28-20-18(12)19(22-11-23-20)25-24-13(2)15-4-5-17(16(21)10-15)26-6-8-27-9-7-26/h4-5,10-11H,6-9H2,1-3H3,(H,22,23,25)/b24-13-. The smallest absolute Gasteiger partial charge is 0.158 e. The third kappa shape index (κ3) is 3.57. The molecule has 1 fully saturated rings. The number of anilines is 2. The van der Waals surface area contributed by atoms with E-state index in [9.17, 15) is 4.39 Å². The lowest BCUT2D eigenvalue weighted by atomic mass is 10.1.